The molecule has 0 radical (unpaired) electrons. The van der Waals surface area contributed by atoms with Crippen LogP contribution in [-0.2, 0) is 6.54 Å². The number of hydrogen-bond donors (Lipinski definition) is 1. The molecule has 4 rings (SSSR count). The van der Waals surface area contributed by atoms with Crippen LogP contribution in [0.4, 0.5) is 5.82 Å². The van der Waals surface area contributed by atoms with E-state index in [9.17, 15) is 0 Å². The average Bonchev–Trinajstić information content (AvgIpc) is 3.32. The van der Waals surface area contributed by atoms with E-state index in [2.05, 4.69) is 36.5 Å². The van der Waals surface area contributed by atoms with E-state index in [0.717, 1.165) is 27.9 Å². The zero-order valence-corrected chi connectivity index (χ0v) is 14.6. The number of ether oxygens (including phenoxy) is 1. The van der Waals surface area contributed by atoms with Crippen molar-refractivity contribution in [3.05, 3.63) is 52.5 Å². The molecule has 25 heavy (non-hydrogen) atoms. The minimum absolute atomic E-state index is 0.501. The Kier molecular flexibility index (Phi) is 4.51. The number of aromatic nitrogens is 5. The zero-order chi connectivity index (χ0) is 17.1. The van der Waals surface area contributed by atoms with E-state index >= 15 is 0 Å². The maximum absolute atomic E-state index is 5.83. The molecule has 0 bridgehead atoms. The van der Waals surface area contributed by atoms with Crippen molar-refractivity contribution < 1.29 is 4.74 Å². The van der Waals surface area contributed by atoms with E-state index in [0.29, 0.717) is 30.9 Å². The van der Waals surface area contributed by atoms with Crippen LogP contribution >= 0.6 is 11.3 Å². The summed E-state index contributed by atoms with van der Waals surface area (Å²) >= 11 is 1.57. The highest BCUT2D eigenvalue weighted by molar-refractivity contribution is 7.11. The first-order chi connectivity index (χ1) is 12.3. The third-order valence-electron chi connectivity index (χ3n) is 4.07. The van der Waals surface area contributed by atoms with E-state index < -0.39 is 0 Å². The van der Waals surface area contributed by atoms with Gasteiger partial charge in [0.15, 0.2) is 0 Å². The predicted octanol–water partition coefficient (Wildman–Crippen LogP) is 2.83. The summed E-state index contributed by atoms with van der Waals surface area (Å²) in [6, 6.07) is 7.86. The molecule has 3 aromatic rings. The molecule has 1 saturated carbocycles. The highest BCUT2D eigenvalue weighted by Crippen LogP contribution is 2.46. The Bertz CT molecular complexity index is 840. The second kappa shape index (κ2) is 7.10. The molecule has 2 atom stereocenters. The predicted molar refractivity (Wildman–Crippen MR) is 94.6 cm³/mol. The second-order valence-corrected chi connectivity index (χ2v) is 7.24. The standard InChI is InChI=1S/C17H18N6OS/c1-11-22-23-17(25-11)8-19-15-7-16(21-10-20-15)24-9-12-6-13(12)14-4-2-3-5-18-14/h2-5,7,10,12-13H,6,8-9H2,1H3,(H,19,20,21)/t12-,13+/m1/s1. The summed E-state index contributed by atoms with van der Waals surface area (Å²) in [5.74, 6) is 2.31. The van der Waals surface area contributed by atoms with Crippen LogP contribution in [0.3, 0.4) is 0 Å². The summed E-state index contributed by atoms with van der Waals surface area (Å²) in [5, 5.41) is 13.2. The highest BCUT2D eigenvalue weighted by Gasteiger charge is 2.39. The number of pyridine rings is 1. The van der Waals surface area contributed by atoms with Crippen LogP contribution in [0.25, 0.3) is 0 Å². The van der Waals surface area contributed by atoms with Crippen molar-refractivity contribution in [3.8, 4) is 5.88 Å². The molecular formula is C17H18N6OS. The van der Waals surface area contributed by atoms with E-state index in [4.69, 9.17) is 4.74 Å². The molecule has 0 aromatic carbocycles. The van der Waals surface area contributed by atoms with E-state index in [1.54, 1.807) is 11.3 Å². The Morgan fingerprint density at radius 2 is 2.20 bits per heavy atom. The van der Waals surface area contributed by atoms with E-state index in [1.165, 1.54) is 6.33 Å². The molecule has 1 aliphatic rings. The first-order valence-electron chi connectivity index (χ1n) is 8.16. The Balaban J connectivity index is 1.29. The Morgan fingerprint density at radius 3 is 3.00 bits per heavy atom. The van der Waals surface area contributed by atoms with Gasteiger partial charge in [0, 0.05) is 29.8 Å². The molecule has 0 spiro atoms. The summed E-state index contributed by atoms with van der Waals surface area (Å²) in [6.07, 6.45) is 4.46. The van der Waals surface area contributed by atoms with Crippen molar-refractivity contribution in [1.82, 2.24) is 25.1 Å². The summed E-state index contributed by atoms with van der Waals surface area (Å²) < 4.78 is 5.83. The third-order valence-corrected chi connectivity index (χ3v) is 4.90. The van der Waals surface area contributed by atoms with Crippen molar-refractivity contribution in [3.63, 3.8) is 0 Å². The highest BCUT2D eigenvalue weighted by atomic mass is 32.1. The monoisotopic (exact) mass is 354 g/mol. The summed E-state index contributed by atoms with van der Waals surface area (Å²) in [4.78, 5) is 12.8. The lowest BCUT2D eigenvalue weighted by Gasteiger charge is -2.07. The van der Waals surface area contributed by atoms with Gasteiger partial charge in [-0.3, -0.25) is 4.98 Å². The maximum atomic E-state index is 5.83. The molecule has 0 aliphatic heterocycles. The molecule has 3 aromatic heterocycles. The number of nitrogens with one attached hydrogen (secondary N) is 1. The fourth-order valence-electron chi connectivity index (χ4n) is 2.67. The average molecular weight is 354 g/mol. The number of anilines is 1. The van der Waals surface area contributed by atoms with Crippen LogP contribution in [0.5, 0.6) is 5.88 Å². The molecule has 3 heterocycles. The molecular weight excluding hydrogens is 336 g/mol. The number of rotatable bonds is 7. The van der Waals surface area contributed by atoms with Gasteiger partial charge in [-0.05, 0) is 25.5 Å². The van der Waals surface area contributed by atoms with Gasteiger partial charge in [0.1, 0.15) is 22.2 Å². The zero-order valence-electron chi connectivity index (χ0n) is 13.8. The van der Waals surface area contributed by atoms with Crippen molar-refractivity contribution >= 4 is 17.2 Å². The molecule has 128 valence electrons. The molecule has 1 aliphatic carbocycles. The summed E-state index contributed by atoms with van der Waals surface area (Å²) in [5.41, 5.74) is 1.15. The normalized spacial score (nSPS) is 18.8. The van der Waals surface area contributed by atoms with Gasteiger partial charge < -0.3 is 10.1 Å². The van der Waals surface area contributed by atoms with Gasteiger partial charge in [-0.1, -0.05) is 17.4 Å². The van der Waals surface area contributed by atoms with Crippen LogP contribution in [0.15, 0.2) is 36.8 Å². The Labute approximate surface area is 149 Å². The lowest BCUT2D eigenvalue weighted by Crippen LogP contribution is -2.05. The van der Waals surface area contributed by atoms with Gasteiger partial charge in [0.2, 0.25) is 5.88 Å². The lowest BCUT2D eigenvalue weighted by atomic mass is 10.2. The minimum Gasteiger partial charge on any atom is -0.477 e. The van der Waals surface area contributed by atoms with Crippen LogP contribution in [-0.4, -0.2) is 31.8 Å². The smallest absolute Gasteiger partial charge is 0.218 e. The summed E-state index contributed by atoms with van der Waals surface area (Å²) in [6.45, 7) is 3.17. The van der Waals surface area contributed by atoms with Gasteiger partial charge >= 0.3 is 0 Å². The lowest BCUT2D eigenvalue weighted by molar-refractivity contribution is 0.285. The molecule has 8 heteroatoms. The second-order valence-electron chi connectivity index (χ2n) is 5.98. The van der Waals surface area contributed by atoms with Gasteiger partial charge in [-0.15, -0.1) is 10.2 Å². The first kappa shape index (κ1) is 15.9. The van der Waals surface area contributed by atoms with Crippen molar-refractivity contribution in [2.45, 2.75) is 25.8 Å². The largest absolute Gasteiger partial charge is 0.477 e. The third kappa shape index (κ3) is 4.08. The number of aryl methyl sites for hydroxylation is 1. The van der Waals surface area contributed by atoms with Gasteiger partial charge in [-0.25, -0.2) is 9.97 Å². The van der Waals surface area contributed by atoms with Crippen molar-refractivity contribution in [2.24, 2.45) is 5.92 Å². The van der Waals surface area contributed by atoms with Crippen LogP contribution in [0, 0.1) is 12.8 Å². The topological polar surface area (TPSA) is 85.7 Å². The molecule has 0 saturated heterocycles. The molecule has 1 N–H and O–H groups in total. The first-order valence-corrected chi connectivity index (χ1v) is 8.98. The molecule has 0 unspecified atom stereocenters. The van der Waals surface area contributed by atoms with Crippen LogP contribution in [0.2, 0.25) is 0 Å². The van der Waals surface area contributed by atoms with Crippen LogP contribution < -0.4 is 10.1 Å². The van der Waals surface area contributed by atoms with E-state index in [-0.39, 0.29) is 0 Å². The van der Waals surface area contributed by atoms with Gasteiger partial charge in [-0.2, -0.15) is 0 Å². The van der Waals surface area contributed by atoms with Crippen molar-refractivity contribution in [2.75, 3.05) is 11.9 Å². The Morgan fingerprint density at radius 1 is 1.24 bits per heavy atom. The fraction of sp³-hybridized carbons (Fsp3) is 0.353. The number of nitrogens with zero attached hydrogens (tertiary/aromatic N) is 5. The quantitative estimate of drug-likeness (QED) is 0.698. The van der Waals surface area contributed by atoms with Crippen LogP contribution in [0.1, 0.15) is 28.0 Å². The fourth-order valence-corrected chi connectivity index (χ4v) is 3.32. The maximum Gasteiger partial charge on any atom is 0.218 e. The summed E-state index contributed by atoms with van der Waals surface area (Å²) in [7, 11) is 0. The molecule has 1 fully saturated rings. The Hall–Kier alpha value is -2.61. The number of hydrogen-bond acceptors (Lipinski definition) is 8. The van der Waals surface area contributed by atoms with Crippen molar-refractivity contribution in [1.29, 1.82) is 0 Å². The SMILES string of the molecule is Cc1nnc(CNc2cc(OC[C@H]3C[C@@H]3c3ccccn3)ncn2)s1. The minimum atomic E-state index is 0.501. The van der Waals surface area contributed by atoms with Gasteiger partial charge in [0.25, 0.3) is 0 Å². The van der Waals surface area contributed by atoms with Gasteiger partial charge in [0.05, 0.1) is 13.2 Å². The molecule has 0 amide bonds. The van der Waals surface area contributed by atoms with E-state index in [1.807, 2.05) is 31.3 Å². The molecule has 7 nitrogen and oxygen atoms in total.